The molecule has 4 rings (SSSR count). The summed E-state index contributed by atoms with van der Waals surface area (Å²) in [4.78, 5) is 36.8. The highest BCUT2D eigenvalue weighted by Gasteiger charge is 2.30. The number of nitrogens with one attached hydrogen (secondary N) is 2. The molecule has 3 unspecified atom stereocenters. The van der Waals surface area contributed by atoms with Crippen molar-refractivity contribution in [3.8, 4) is 11.1 Å². The Hall–Kier alpha value is -3.35. The summed E-state index contributed by atoms with van der Waals surface area (Å²) in [5.41, 5.74) is 4.47. The Balaban J connectivity index is 1.38. The summed E-state index contributed by atoms with van der Waals surface area (Å²) in [6.45, 7) is 2.35. The first-order chi connectivity index (χ1) is 16.9. The zero-order chi connectivity index (χ0) is 24.8. The third-order valence-corrected chi connectivity index (χ3v) is 7.20. The van der Waals surface area contributed by atoms with Crippen LogP contribution >= 0.6 is 0 Å². The monoisotopic (exact) mass is 478 g/mol. The number of ether oxygens (including phenoxy) is 1. The first-order valence-corrected chi connectivity index (χ1v) is 12.6. The lowest BCUT2D eigenvalue weighted by Crippen LogP contribution is -2.50. The van der Waals surface area contributed by atoms with Gasteiger partial charge in [-0.3, -0.25) is 9.59 Å². The maximum atomic E-state index is 13.0. The van der Waals surface area contributed by atoms with Crippen LogP contribution in [0.15, 0.2) is 48.5 Å². The first-order valence-electron chi connectivity index (χ1n) is 12.6. The fourth-order valence-electron chi connectivity index (χ4n) is 5.25. The number of rotatable bonds is 8. The molecule has 3 atom stereocenters. The minimum atomic E-state index is -1.01. The lowest BCUT2D eigenvalue weighted by Gasteiger charge is -2.23. The Morgan fingerprint density at radius 2 is 1.63 bits per heavy atom. The van der Waals surface area contributed by atoms with E-state index in [0.29, 0.717) is 5.92 Å². The number of carboxylic acid groups (broad SMARTS) is 1. The normalized spacial score (nSPS) is 20.1. The molecular formula is C28H34N2O5. The summed E-state index contributed by atoms with van der Waals surface area (Å²) >= 11 is 0. The van der Waals surface area contributed by atoms with Gasteiger partial charge in [-0.05, 0) is 53.9 Å². The average Bonchev–Trinajstić information content (AvgIpc) is 3.02. The molecule has 0 radical (unpaired) electrons. The third kappa shape index (κ3) is 6.21. The molecule has 3 N–H and O–H groups in total. The van der Waals surface area contributed by atoms with Crippen molar-refractivity contribution in [3.05, 3.63) is 59.7 Å². The number of amides is 2. The van der Waals surface area contributed by atoms with Gasteiger partial charge in [-0.1, -0.05) is 68.3 Å². The molecule has 7 heteroatoms. The quantitative estimate of drug-likeness (QED) is 0.471. The van der Waals surface area contributed by atoms with Crippen LogP contribution in [0.5, 0.6) is 0 Å². The van der Waals surface area contributed by atoms with Gasteiger partial charge in [-0.25, -0.2) is 4.79 Å². The Morgan fingerprint density at radius 3 is 2.29 bits per heavy atom. The van der Waals surface area contributed by atoms with Gasteiger partial charge in [-0.15, -0.1) is 0 Å². The fraction of sp³-hybridized carbons (Fsp3) is 0.464. The van der Waals surface area contributed by atoms with Crippen LogP contribution in [0.3, 0.4) is 0 Å². The number of hydrogen-bond donors (Lipinski definition) is 3. The van der Waals surface area contributed by atoms with Crippen LogP contribution in [0.2, 0.25) is 0 Å². The van der Waals surface area contributed by atoms with Crippen LogP contribution in [0.25, 0.3) is 11.1 Å². The second-order valence-corrected chi connectivity index (χ2v) is 9.77. The minimum Gasteiger partial charge on any atom is -0.481 e. The van der Waals surface area contributed by atoms with Crippen LogP contribution in [0, 0.1) is 5.92 Å². The van der Waals surface area contributed by atoms with Crippen LogP contribution in [-0.2, 0) is 14.3 Å². The van der Waals surface area contributed by atoms with Crippen molar-refractivity contribution in [2.75, 3.05) is 6.61 Å². The number of alkyl carbamates (subject to hydrolysis) is 1. The van der Waals surface area contributed by atoms with Gasteiger partial charge in [0.05, 0.1) is 0 Å². The van der Waals surface area contributed by atoms with Crippen molar-refractivity contribution in [1.82, 2.24) is 10.6 Å². The molecule has 0 bridgehead atoms. The standard InChI is InChI=1S/C28H34N2O5/c1-18-7-6-8-19(14-13-18)29-27(33)25(15-16-26(31)32)30-28(34)35-17-24-22-11-4-2-9-20(22)21-10-3-5-12-23(21)24/h2-5,9-12,18-19,24-25H,6-8,13-17H2,1H3,(H,29,33)(H,30,34)(H,31,32). The molecule has 2 aliphatic carbocycles. The van der Waals surface area contributed by atoms with E-state index in [-0.39, 0.29) is 37.3 Å². The summed E-state index contributed by atoms with van der Waals surface area (Å²) in [5.74, 6) is -0.814. The van der Waals surface area contributed by atoms with Gasteiger partial charge < -0.3 is 20.5 Å². The number of carboxylic acids is 1. The molecule has 2 aliphatic rings. The number of carbonyl (C=O) groups is 3. The lowest BCUT2D eigenvalue weighted by atomic mass is 9.98. The molecule has 1 saturated carbocycles. The van der Waals surface area contributed by atoms with E-state index in [2.05, 4.69) is 29.7 Å². The molecule has 186 valence electrons. The lowest BCUT2D eigenvalue weighted by molar-refractivity contribution is -0.137. The molecule has 1 fully saturated rings. The largest absolute Gasteiger partial charge is 0.481 e. The van der Waals surface area contributed by atoms with E-state index < -0.39 is 18.1 Å². The Morgan fingerprint density at radius 1 is 0.971 bits per heavy atom. The van der Waals surface area contributed by atoms with E-state index in [0.717, 1.165) is 54.4 Å². The predicted octanol–water partition coefficient (Wildman–Crippen LogP) is 4.84. The van der Waals surface area contributed by atoms with Crippen molar-refractivity contribution >= 4 is 18.0 Å². The molecular weight excluding hydrogens is 444 g/mol. The number of fused-ring (bicyclic) bond motifs is 3. The maximum Gasteiger partial charge on any atom is 0.407 e. The van der Waals surface area contributed by atoms with Crippen LogP contribution in [0.4, 0.5) is 4.79 Å². The Labute approximate surface area is 206 Å². The summed E-state index contributed by atoms with van der Waals surface area (Å²) in [5, 5.41) is 14.8. The van der Waals surface area contributed by atoms with E-state index in [1.807, 2.05) is 36.4 Å². The van der Waals surface area contributed by atoms with E-state index in [1.165, 1.54) is 0 Å². The molecule has 0 heterocycles. The van der Waals surface area contributed by atoms with Gasteiger partial charge >= 0.3 is 12.1 Å². The van der Waals surface area contributed by atoms with Gasteiger partial charge in [0.2, 0.25) is 5.91 Å². The summed E-state index contributed by atoms with van der Waals surface area (Å²) in [7, 11) is 0. The molecule has 0 aliphatic heterocycles. The SMILES string of the molecule is CC1CCCC(NC(=O)C(CCC(=O)O)NC(=O)OCC2c3ccccc3-c3ccccc32)CC1. The van der Waals surface area contributed by atoms with E-state index >= 15 is 0 Å². The molecule has 7 nitrogen and oxygen atoms in total. The summed E-state index contributed by atoms with van der Waals surface area (Å²) in [6.07, 6.45) is 4.10. The second-order valence-electron chi connectivity index (χ2n) is 9.77. The molecule has 0 aromatic heterocycles. The highest BCUT2D eigenvalue weighted by atomic mass is 16.5. The molecule has 0 spiro atoms. The highest BCUT2D eigenvalue weighted by Crippen LogP contribution is 2.44. The number of carbonyl (C=O) groups excluding carboxylic acids is 2. The average molecular weight is 479 g/mol. The topological polar surface area (TPSA) is 105 Å². The molecule has 2 aromatic rings. The zero-order valence-corrected chi connectivity index (χ0v) is 20.2. The summed E-state index contributed by atoms with van der Waals surface area (Å²) in [6, 6.07) is 15.2. The molecule has 0 saturated heterocycles. The Kier molecular flexibility index (Phi) is 8.06. The van der Waals surface area contributed by atoms with Crippen LogP contribution in [0.1, 0.15) is 68.9 Å². The smallest absolute Gasteiger partial charge is 0.407 e. The molecule has 2 amide bonds. The number of aliphatic carboxylic acids is 1. The second kappa shape index (κ2) is 11.4. The first kappa shape index (κ1) is 24.8. The van der Waals surface area contributed by atoms with Gasteiger partial charge in [0.15, 0.2) is 0 Å². The maximum absolute atomic E-state index is 13.0. The van der Waals surface area contributed by atoms with E-state index in [4.69, 9.17) is 9.84 Å². The van der Waals surface area contributed by atoms with Gasteiger partial charge in [-0.2, -0.15) is 0 Å². The number of benzene rings is 2. The highest BCUT2D eigenvalue weighted by molar-refractivity contribution is 5.86. The van der Waals surface area contributed by atoms with Gasteiger partial charge in [0, 0.05) is 18.4 Å². The molecule has 35 heavy (non-hydrogen) atoms. The van der Waals surface area contributed by atoms with Crippen molar-refractivity contribution in [2.24, 2.45) is 5.92 Å². The number of hydrogen-bond acceptors (Lipinski definition) is 4. The van der Waals surface area contributed by atoms with Crippen molar-refractivity contribution in [3.63, 3.8) is 0 Å². The van der Waals surface area contributed by atoms with Crippen LogP contribution in [-0.4, -0.2) is 41.8 Å². The van der Waals surface area contributed by atoms with E-state index in [9.17, 15) is 14.4 Å². The van der Waals surface area contributed by atoms with E-state index in [1.54, 1.807) is 0 Å². The Bertz CT molecular complexity index is 1020. The van der Waals surface area contributed by atoms with Crippen molar-refractivity contribution in [1.29, 1.82) is 0 Å². The van der Waals surface area contributed by atoms with Crippen molar-refractivity contribution < 1.29 is 24.2 Å². The van der Waals surface area contributed by atoms with Crippen molar-refractivity contribution in [2.45, 2.75) is 69.9 Å². The predicted molar refractivity (Wildman–Crippen MR) is 133 cm³/mol. The van der Waals surface area contributed by atoms with Gasteiger partial charge in [0.25, 0.3) is 0 Å². The third-order valence-electron chi connectivity index (χ3n) is 7.20. The van der Waals surface area contributed by atoms with Gasteiger partial charge in [0.1, 0.15) is 12.6 Å². The molecule has 2 aromatic carbocycles. The summed E-state index contributed by atoms with van der Waals surface area (Å²) < 4.78 is 5.57. The van der Waals surface area contributed by atoms with Crippen LogP contribution < -0.4 is 10.6 Å². The minimum absolute atomic E-state index is 0.00842. The zero-order valence-electron chi connectivity index (χ0n) is 20.2. The fourth-order valence-corrected chi connectivity index (χ4v) is 5.25.